The summed E-state index contributed by atoms with van der Waals surface area (Å²) in [6.45, 7) is 4.72. The second kappa shape index (κ2) is 10.1. The summed E-state index contributed by atoms with van der Waals surface area (Å²) < 4.78 is 18.4. The second-order valence-electron chi connectivity index (χ2n) is 7.61. The van der Waals surface area contributed by atoms with Crippen LogP contribution < -0.4 is 10.1 Å². The normalized spacial score (nSPS) is 15.1. The molecule has 1 aliphatic heterocycles. The maximum Gasteiger partial charge on any atom is 0.255 e. The Balaban J connectivity index is 1.47. The Morgan fingerprint density at radius 2 is 1.87 bits per heavy atom. The van der Waals surface area contributed by atoms with Crippen molar-refractivity contribution in [2.24, 2.45) is 5.92 Å². The average molecular weight is 431 g/mol. The Bertz CT molecular complexity index is 909. The van der Waals surface area contributed by atoms with Crippen LogP contribution in [0.25, 0.3) is 0 Å². The number of carbonyl (C=O) groups excluding carboxylic acids is 2. The van der Waals surface area contributed by atoms with Crippen LogP contribution in [0.5, 0.6) is 5.75 Å². The van der Waals surface area contributed by atoms with Gasteiger partial charge in [-0.25, -0.2) is 4.39 Å². The number of ether oxygens (including phenoxy) is 1. The lowest BCUT2D eigenvalue weighted by Crippen LogP contribution is -2.41. The van der Waals surface area contributed by atoms with Crippen molar-refractivity contribution in [1.29, 1.82) is 0 Å². The maximum absolute atomic E-state index is 13.1. The minimum Gasteiger partial charge on any atom is -0.495 e. The fourth-order valence-electron chi connectivity index (χ4n) is 3.83. The number of rotatable bonds is 7. The number of amides is 1. The van der Waals surface area contributed by atoms with Gasteiger partial charge in [0.1, 0.15) is 11.6 Å². The van der Waals surface area contributed by atoms with E-state index in [4.69, 9.17) is 4.74 Å². The fourth-order valence-corrected chi connectivity index (χ4v) is 4.24. The summed E-state index contributed by atoms with van der Waals surface area (Å²) in [6, 6.07) is 9.40. The van der Waals surface area contributed by atoms with Crippen LogP contribution in [0.2, 0.25) is 0 Å². The molecule has 2 aromatic rings. The van der Waals surface area contributed by atoms with E-state index in [1.165, 1.54) is 19.2 Å². The molecule has 1 fully saturated rings. The molecule has 0 bridgehead atoms. The fraction of sp³-hybridized carbons (Fsp3) is 0.391. The first-order chi connectivity index (χ1) is 14.4. The van der Waals surface area contributed by atoms with Crippen molar-refractivity contribution in [3.8, 4) is 5.75 Å². The minimum atomic E-state index is -0.336. The summed E-state index contributed by atoms with van der Waals surface area (Å²) in [5, 5.41) is 2.94. The van der Waals surface area contributed by atoms with Gasteiger partial charge in [0.2, 0.25) is 0 Å². The number of hydrogen-bond acceptors (Lipinski definition) is 5. The van der Waals surface area contributed by atoms with E-state index in [-0.39, 0.29) is 23.4 Å². The standard InChI is InChI=1S/C23H27FN2O3S/c1-15-13-19(22(29-2)20(30)14-15)23(28)25-9-12-26-10-7-17(8-11-26)21(27)16-3-5-18(24)6-4-16/h3-6,13-14,17,30H,7-12H2,1-2H3,(H,25,28). The van der Waals surface area contributed by atoms with E-state index in [0.29, 0.717) is 34.9 Å². The van der Waals surface area contributed by atoms with E-state index in [2.05, 4.69) is 22.8 Å². The van der Waals surface area contributed by atoms with Gasteiger partial charge in [0.05, 0.1) is 12.7 Å². The van der Waals surface area contributed by atoms with Gasteiger partial charge in [0.15, 0.2) is 5.78 Å². The maximum atomic E-state index is 13.1. The molecule has 30 heavy (non-hydrogen) atoms. The number of thiol groups is 1. The zero-order valence-corrected chi connectivity index (χ0v) is 18.2. The number of nitrogens with zero attached hydrogens (tertiary/aromatic N) is 1. The van der Waals surface area contributed by atoms with Crippen LogP contribution in [0.1, 0.15) is 39.1 Å². The van der Waals surface area contributed by atoms with Crippen molar-refractivity contribution in [3.63, 3.8) is 0 Å². The van der Waals surface area contributed by atoms with Crippen LogP contribution in [0, 0.1) is 18.7 Å². The average Bonchev–Trinajstić information content (AvgIpc) is 2.73. The molecule has 1 saturated heterocycles. The summed E-state index contributed by atoms with van der Waals surface area (Å²) in [5.41, 5.74) is 1.99. The highest BCUT2D eigenvalue weighted by molar-refractivity contribution is 7.80. The first kappa shape index (κ1) is 22.3. The van der Waals surface area contributed by atoms with Crippen molar-refractivity contribution in [1.82, 2.24) is 10.2 Å². The van der Waals surface area contributed by atoms with Crippen LogP contribution in [0.15, 0.2) is 41.3 Å². The van der Waals surface area contributed by atoms with E-state index in [0.717, 1.165) is 31.5 Å². The van der Waals surface area contributed by atoms with Gasteiger partial charge in [-0.2, -0.15) is 0 Å². The molecule has 0 unspecified atom stereocenters. The Hall–Kier alpha value is -2.38. The number of hydrogen-bond donors (Lipinski definition) is 2. The van der Waals surface area contributed by atoms with Gasteiger partial charge in [0.25, 0.3) is 5.91 Å². The molecular weight excluding hydrogens is 403 g/mol. The van der Waals surface area contributed by atoms with E-state index in [9.17, 15) is 14.0 Å². The minimum absolute atomic E-state index is 0.0355. The number of nitrogens with one attached hydrogen (secondary N) is 1. The number of benzene rings is 2. The number of Topliss-reactive ketones (excluding diaryl/α,β-unsaturated/α-hetero) is 1. The molecule has 3 rings (SSSR count). The topological polar surface area (TPSA) is 58.6 Å². The van der Waals surface area contributed by atoms with Gasteiger partial charge in [-0.15, -0.1) is 12.6 Å². The molecule has 7 heteroatoms. The largest absolute Gasteiger partial charge is 0.495 e. The predicted molar refractivity (Wildman–Crippen MR) is 117 cm³/mol. The van der Waals surface area contributed by atoms with E-state index < -0.39 is 0 Å². The van der Waals surface area contributed by atoms with Crippen molar-refractivity contribution in [2.45, 2.75) is 24.7 Å². The van der Waals surface area contributed by atoms with Crippen molar-refractivity contribution < 1.29 is 18.7 Å². The van der Waals surface area contributed by atoms with Gasteiger partial charge in [0, 0.05) is 29.5 Å². The van der Waals surface area contributed by atoms with Crippen LogP contribution in [0.4, 0.5) is 4.39 Å². The van der Waals surface area contributed by atoms with Crippen LogP contribution in [0.3, 0.4) is 0 Å². The molecule has 0 aliphatic carbocycles. The first-order valence-electron chi connectivity index (χ1n) is 10.1. The molecular formula is C23H27FN2O3S. The molecule has 2 aromatic carbocycles. The lowest BCUT2D eigenvalue weighted by atomic mass is 9.89. The van der Waals surface area contributed by atoms with E-state index in [1.807, 2.05) is 13.0 Å². The number of ketones is 1. The lowest BCUT2D eigenvalue weighted by molar-refractivity contribution is 0.0839. The third-order valence-electron chi connectivity index (χ3n) is 5.46. The van der Waals surface area contributed by atoms with Gasteiger partial charge >= 0.3 is 0 Å². The molecule has 160 valence electrons. The van der Waals surface area contributed by atoms with Crippen molar-refractivity contribution in [2.75, 3.05) is 33.3 Å². The molecule has 0 aromatic heterocycles. The van der Waals surface area contributed by atoms with Crippen molar-refractivity contribution in [3.05, 3.63) is 58.9 Å². The Morgan fingerprint density at radius 1 is 1.20 bits per heavy atom. The highest BCUT2D eigenvalue weighted by Gasteiger charge is 2.25. The number of carbonyl (C=O) groups is 2. The quantitative estimate of drug-likeness (QED) is 0.519. The van der Waals surface area contributed by atoms with Gasteiger partial charge in [-0.05, 0) is 74.8 Å². The summed E-state index contributed by atoms with van der Waals surface area (Å²) >= 11 is 4.38. The van der Waals surface area contributed by atoms with E-state index >= 15 is 0 Å². The summed E-state index contributed by atoms with van der Waals surface area (Å²) in [7, 11) is 1.53. The van der Waals surface area contributed by atoms with Gasteiger partial charge in [-0.1, -0.05) is 0 Å². The lowest BCUT2D eigenvalue weighted by Gasteiger charge is -2.31. The third kappa shape index (κ3) is 5.40. The third-order valence-corrected chi connectivity index (χ3v) is 5.80. The predicted octanol–water partition coefficient (Wildman–Crippen LogP) is 3.76. The monoisotopic (exact) mass is 430 g/mol. The molecule has 1 N–H and O–H groups in total. The van der Waals surface area contributed by atoms with Gasteiger partial charge < -0.3 is 15.0 Å². The summed E-state index contributed by atoms with van der Waals surface area (Å²) in [6.07, 6.45) is 1.53. The number of likely N-dealkylation sites (tertiary alicyclic amines) is 1. The molecule has 0 atom stereocenters. The van der Waals surface area contributed by atoms with Crippen molar-refractivity contribution >= 4 is 24.3 Å². The molecule has 1 heterocycles. The summed E-state index contributed by atoms with van der Waals surface area (Å²) in [4.78, 5) is 28.0. The molecule has 0 radical (unpaired) electrons. The Kier molecular flexibility index (Phi) is 7.50. The van der Waals surface area contributed by atoms with Gasteiger partial charge in [-0.3, -0.25) is 9.59 Å². The zero-order valence-electron chi connectivity index (χ0n) is 17.3. The molecule has 5 nitrogen and oxygen atoms in total. The number of methoxy groups -OCH3 is 1. The van der Waals surface area contributed by atoms with Crippen LogP contribution in [-0.4, -0.2) is 49.9 Å². The molecule has 1 amide bonds. The first-order valence-corrected chi connectivity index (χ1v) is 10.5. The SMILES string of the molecule is COc1c(S)cc(C)cc1C(=O)NCCN1CCC(C(=O)c2ccc(F)cc2)CC1. The molecule has 1 aliphatic rings. The number of halogens is 1. The Labute approximate surface area is 182 Å². The number of piperidine rings is 1. The highest BCUT2D eigenvalue weighted by Crippen LogP contribution is 2.28. The Morgan fingerprint density at radius 3 is 2.50 bits per heavy atom. The van der Waals surface area contributed by atoms with Crippen LogP contribution >= 0.6 is 12.6 Å². The van der Waals surface area contributed by atoms with E-state index in [1.54, 1.807) is 18.2 Å². The summed E-state index contributed by atoms with van der Waals surface area (Å²) in [5.74, 6) is -0.00482. The number of aryl methyl sites for hydroxylation is 1. The van der Waals surface area contributed by atoms with Crippen LogP contribution in [-0.2, 0) is 0 Å². The zero-order chi connectivity index (χ0) is 21.7. The second-order valence-corrected chi connectivity index (χ2v) is 8.09. The molecule has 0 saturated carbocycles. The smallest absolute Gasteiger partial charge is 0.255 e. The molecule has 0 spiro atoms. The highest BCUT2D eigenvalue weighted by atomic mass is 32.1.